The van der Waals surface area contributed by atoms with Crippen LogP contribution < -0.4 is 11.2 Å². The third-order valence-corrected chi connectivity index (χ3v) is 5.35. The number of nitrogens with one attached hydrogen (secondary N) is 1. The van der Waals surface area contributed by atoms with E-state index in [-0.39, 0.29) is 6.61 Å². The molecule has 1 aromatic heterocycles. The van der Waals surface area contributed by atoms with Crippen LogP contribution in [0.1, 0.15) is 29.8 Å². The highest BCUT2D eigenvalue weighted by molar-refractivity contribution is 5.89. The average Bonchev–Trinajstić information content (AvgIpc) is 3.19. The number of aromatic nitrogens is 2. The van der Waals surface area contributed by atoms with E-state index in [1.54, 1.807) is 38.1 Å². The van der Waals surface area contributed by atoms with Gasteiger partial charge in [-0.3, -0.25) is 14.3 Å². The lowest BCUT2D eigenvalue weighted by Gasteiger charge is -2.32. The molecule has 32 heavy (non-hydrogen) atoms. The summed E-state index contributed by atoms with van der Waals surface area (Å²) < 4.78 is 24.5. The Morgan fingerprint density at radius 1 is 1.22 bits per heavy atom. The van der Waals surface area contributed by atoms with Crippen LogP contribution in [-0.2, 0) is 24.7 Å². The zero-order valence-electron chi connectivity index (χ0n) is 17.7. The molecule has 2 aliphatic heterocycles. The number of hydrogen-bond donors (Lipinski definition) is 2. The molecule has 0 bridgehead atoms. The van der Waals surface area contributed by atoms with Gasteiger partial charge in [0, 0.05) is 12.3 Å². The van der Waals surface area contributed by atoms with Crippen molar-refractivity contribution in [2.75, 3.05) is 6.61 Å². The highest BCUT2D eigenvalue weighted by atomic mass is 16.8. The second-order valence-corrected chi connectivity index (χ2v) is 8.12. The lowest BCUT2D eigenvalue weighted by atomic mass is 10.0. The van der Waals surface area contributed by atoms with Gasteiger partial charge in [0.15, 0.2) is 5.79 Å². The Morgan fingerprint density at radius 2 is 1.94 bits per heavy atom. The Morgan fingerprint density at radius 3 is 2.59 bits per heavy atom. The zero-order chi connectivity index (χ0) is 23.1. The maximum Gasteiger partial charge on any atom is 0.338 e. The van der Waals surface area contributed by atoms with Crippen LogP contribution in [0.3, 0.4) is 0 Å². The first-order valence-corrected chi connectivity index (χ1v) is 9.93. The zero-order valence-corrected chi connectivity index (χ0v) is 17.7. The van der Waals surface area contributed by atoms with Crippen LogP contribution in [0.5, 0.6) is 0 Å². The number of aryl methyl sites for hydroxylation is 1. The SMILES string of the molecule is Cc1ccc(C(=O)OC[C@H]2O[C@@](/C=N\O)(n3ccc(=O)[nH]c3=O)[C@@H]3OC(C)(C)O[C@@H]32)cc1. The summed E-state index contributed by atoms with van der Waals surface area (Å²) in [5.74, 6) is -1.61. The van der Waals surface area contributed by atoms with Crippen LogP contribution in [0.15, 0.2) is 51.3 Å². The Hall–Kier alpha value is -3.28. The number of oxime groups is 1. The van der Waals surface area contributed by atoms with E-state index in [4.69, 9.17) is 18.9 Å². The van der Waals surface area contributed by atoms with Gasteiger partial charge >= 0.3 is 11.7 Å². The van der Waals surface area contributed by atoms with Gasteiger partial charge in [0.05, 0.1) is 11.8 Å². The summed E-state index contributed by atoms with van der Waals surface area (Å²) in [6.07, 6.45) is -0.396. The number of benzene rings is 1. The van der Waals surface area contributed by atoms with E-state index in [1.807, 2.05) is 6.92 Å². The van der Waals surface area contributed by atoms with Crippen LogP contribution in [-0.4, -0.2) is 57.6 Å². The first kappa shape index (κ1) is 21.9. The minimum absolute atomic E-state index is 0.216. The Balaban J connectivity index is 1.66. The standard InChI is InChI=1S/C21H23N3O8/c1-12-4-6-13(7-5-12)18(26)29-10-14-16-17(32-20(2,3)31-16)21(30-14,11-22-28)24-9-8-15(25)23-19(24)27/h4-9,11,14,16-17,28H,10H2,1-3H3,(H,23,25,27)/b22-11-/t14-,16-,17-,21-/m1/s1. The molecule has 0 aliphatic carbocycles. The largest absolute Gasteiger partial charge is 0.459 e. The van der Waals surface area contributed by atoms with Crippen molar-refractivity contribution in [3.8, 4) is 0 Å². The molecule has 4 rings (SSSR count). The molecule has 0 spiro atoms. The van der Waals surface area contributed by atoms with Gasteiger partial charge in [-0.1, -0.05) is 22.9 Å². The van der Waals surface area contributed by atoms with Crippen LogP contribution in [0, 0.1) is 6.92 Å². The summed E-state index contributed by atoms with van der Waals surface area (Å²) in [6.45, 7) is 5.04. The van der Waals surface area contributed by atoms with Crippen molar-refractivity contribution in [1.82, 2.24) is 9.55 Å². The van der Waals surface area contributed by atoms with E-state index < -0.39 is 47.0 Å². The summed E-state index contributed by atoms with van der Waals surface area (Å²) in [7, 11) is 0. The van der Waals surface area contributed by atoms with Crippen molar-refractivity contribution in [1.29, 1.82) is 0 Å². The number of fused-ring (bicyclic) bond motifs is 1. The predicted molar refractivity (Wildman–Crippen MR) is 110 cm³/mol. The van der Waals surface area contributed by atoms with Crippen molar-refractivity contribution < 1.29 is 28.9 Å². The molecule has 0 amide bonds. The van der Waals surface area contributed by atoms with E-state index in [9.17, 15) is 19.6 Å². The van der Waals surface area contributed by atoms with Gasteiger partial charge in [-0.25, -0.2) is 9.59 Å². The Kier molecular flexibility index (Phi) is 5.49. The summed E-state index contributed by atoms with van der Waals surface area (Å²) in [5, 5.41) is 12.4. The maximum absolute atomic E-state index is 12.5. The van der Waals surface area contributed by atoms with Crippen LogP contribution >= 0.6 is 0 Å². The first-order chi connectivity index (χ1) is 15.1. The Bertz CT molecular complexity index is 1150. The van der Waals surface area contributed by atoms with Gasteiger partial charge in [-0.2, -0.15) is 0 Å². The summed E-state index contributed by atoms with van der Waals surface area (Å²) in [4.78, 5) is 38.7. The van der Waals surface area contributed by atoms with E-state index in [1.165, 1.54) is 6.20 Å². The molecule has 3 heterocycles. The first-order valence-electron chi connectivity index (χ1n) is 9.93. The smallest absolute Gasteiger partial charge is 0.338 e. The van der Waals surface area contributed by atoms with Crippen molar-refractivity contribution >= 4 is 12.2 Å². The quantitative estimate of drug-likeness (QED) is 0.297. The van der Waals surface area contributed by atoms with Gasteiger partial charge in [0.25, 0.3) is 5.56 Å². The maximum atomic E-state index is 12.5. The molecule has 4 atom stereocenters. The molecule has 0 radical (unpaired) electrons. The fourth-order valence-electron chi connectivity index (χ4n) is 3.95. The second-order valence-electron chi connectivity index (χ2n) is 8.12. The lowest BCUT2D eigenvalue weighted by Crippen LogP contribution is -2.53. The fraction of sp³-hybridized carbons (Fsp3) is 0.429. The third kappa shape index (κ3) is 3.85. The number of carbonyl (C=O) groups is 1. The van der Waals surface area contributed by atoms with Crippen molar-refractivity contribution in [3.05, 3.63) is 68.5 Å². The molecule has 2 N–H and O–H groups in total. The highest BCUT2D eigenvalue weighted by Crippen LogP contribution is 2.45. The number of aromatic amines is 1. The minimum atomic E-state index is -1.75. The molecule has 170 valence electrons. The molecule has 0 saturated carbocycles. The number of rotatable bonds is 5. The van der Waals surface area contributed by atoms with Gasteiger partial charge in [-0.15, -0.1) is 0 Å². The van der Waals surface area contributed by atoms with Crippen molar-refractivity contribution in [3.63, 3.8) is 0 Å². The number of hydrogen-bond acceptors (Lipinski definition) is 9. The third-order valence-electron chi connectivity index (χ3n) is 5.35. The van der Waals surface area contributed by atoms with E-state index in [0.29, 0.717) is 5.56 Å². The number of esters is 1. The molecule has 2 aromatic rings. The second kappa shape index (κ2) is 8.01. The molecular formula is C21H23N3O8. The summed E-state index contributed by atoms with van der Waals surface area (Å²) >= 11 is 0. The molecule has 11 heteroatoms. The van der Waals surface area contributed by atoms with E-state index >= 15 is 0 Å². The lowest BCUT2D eigenvalue weighted by molar-refractivity contribution is -0.214. The minimum Gasteiger partial charge on any atom is -0.459 e. The van der Waals surface area contributed by atoms with E-state index in [0.717, 1.165) is 22.4 Å². The monoisotopic (exact) mass is 445 g/mol. The molecule has 2 fully saturated rings. The van der Waals surface area contributed by atoms with Crippen molar-refractivity contribution in [2.24, 2.45) is 5.16 Å². The molecule has 2 saturated heterocycles. The number of ether oxygens (including phenoxy) is 4. The van der Waals surface area contributed by atoms with Crippen LogP contribution in [0.25, 0.3) is 0 Å². The van der Waals surface area contributed by atoms with Gasteiger partial charge in [0.2, 0.25) is 5.72 Å². The summed E-state index contributed by atoms with van der Waals surface area (Å²) in [6, 6.07) is 8.01. The van der Waals surface area contributed by atoms with Crippen molar-refractivity contribution in [2.45, 2.75) is 50.6 Å². The highest BCUT2D eigenvalue weighted by Gasteiger charge is 2.64. The Labute approximate surface area is 182 Å². The van der Waals surface area contributed by atoms with Crippen LogP contribution in [0.4, 0.5) is 0 Å². The van der Waals surface area contributed by atoms with Crippen LogP contribution in [0.2, 0.25) is 0 Å². The average molecular weight is 445 g/mol. The van der Waals surface area contributed by atoms with Gasteiger partial charge in [-0.05, 0) is 32.9 Å². The number of H-pyrrole nitrogens is 1. The molecule has 11 nitrogen and oxygen atoms in total. The molecule has 2 aliphatic rings. The fourth-order valence-corrected chi connectivity index (χ4v) is 3.95. The van der Waals surface area contributed by atoms with E-state index in [2.05, 4.69) is 10.1 Å². The molecular weight excluding hydrogens is 422 g/mol. The van der Waals surface area contributed by atoms with Gasteiger partial charge < -0.3 is 24.2 Å². The topological polar surface area (TPSA) is 141 Å². The van der Waals surface area contributed by atoms with Gasteiger partial charge in [0.1, 0.15) is 24.9 Å². The normalized spacial score (nSPS) is 28.7. The summed E-state index contributed by atoms with van der Waals surface area (Å²) in [5.41, 5.74) is -1.79. The predicted octanol–water partition coefficient (Wildman–Crippen LogP) is 0.734. The molecule has 0 unspecified atom stereocenters. The number of nitrogens with zero attached hydrogens (tertiary/aromatic N) is 2. The number of carbonyl (C=O) groups excluding carboxylic acids is 1. The molecule has 1 aromatic carbocycles.